The van der Waals surface area contributed by atoms with Gasteiger partial charge in [-0.1, -0.05) is 0 Å². The smallest absolute Gasteiger partial charge is 0.262 e. The lowest BCUT2D eigenvalue weighted by atomic mass is 10.2. The van der Waals surface area contributed by atoms with E-state index in [0.29, 0.717) is 17.9 Å². The molecule has 1 heterocycles. The normalized spacial score (nSPS) is 11.1. The highest BCUT2D eigenvalue weighted by molar-refractivity contribution is 7.92. The molecule has 152 valence electrons. The number of carbonyl (C=O) groups is 1. The molecule has 0 aliphatic heterocycles. The summed E-state index contributed by atoms with van der Waals surface area (Å²) in [6.07, 6.45) is 2.19. The minimum atomic E-state index is -3.97. The topological polar surface area (TPSA) is 97.6 Å². The molecule has 2 N–H and O–H groups in total. The lowest BCUT2D eigenvalue weighted by molar-refractivity contribution is -0.116. The Morgan fingerprint density at radius 1 is 1.14 bits per heavy atom. The van der Waals surface area contributed by atoms with Crippen LogP contribution in [0.15, 0.2) is 70.2 Å². The first-order valence-electron chi connectivity index (χ1n) is 8.66. The Morgan fingerprint density at radius 2 is 1.90 bits per heavy atom. The molecule has 0 aliphatic carbocycles. The van der Waals surface area contributed by atoms with Gasteiger partial charge >= 0.3 is 0 Å². The zero-order chi connectivity index (χ0) is 20.9. The van der Waals surface area contributed by atoms with Crippen LogP contribution in [0.4, 0.5) is 15.8 Å². The maximum Gasteiger partial charge on any atom is 0.262 e. The summed E-state index contributed by atoms with van der Waals surface area (Å²) in [5, 5.41) is 2.71. The van der Waals surface area contributed by atoms with Crippen molar-refractivity contribution >= 4 is 27.3 Å². The number of nitrogens with one attached hydrogen (secondary N) is 2. The van der Waals surface area contributed by atoms with Crippen LogP contribution in [0.3, 0.4) is 0 Å². The van der Waals surface area contributed by atoms with Gasteiger partial charge in [-0.2, -0.15) is 0 Å². The molecule has 1 aromatic heterocycles. The first-order valence-corrected chi connectivity index (χ1v) is 10.1. The van der Waals surface area contributed by atoms with Crippen LogP contribution >= 0.6 is 0 Å². The SMILES string of the molecule is COc1ccc(NC(=O)CCc2ccco2)cc1NS(=O)(=O)c1ccc(F)cc1. The third-order valence-corrected chi connectivity index (χ3v) is 5.41. The van der Waals surface area contributed by atoms with Crippen LogP contribution in [0.25, 0.3) is 0 Å². The second-order valence-corrected chi connectivity index (χ2v) is 7.78. The predicted molar refractivity (Wildman–Crippen MR) is 106 cm³/mol. The summed E-state index contributed by atoms with van der Waals surface area (Å²) in [6.45, 7) is 0. The molecular formula is C20H19FN2O5S. The predicted octanol–water partition coefficient (Wildman–Crippen LogP) is 3.80. The number of benzene rings is 2. The minimum Gasteiger partial charge on any atom is -0.495 e. The number of hydrogen-bond acceptors (Lipinski definition) is 5. The van der Waals surface area contributed by atoms with Crippen molar-refractivity contribution in [2.24, 2.45) is 0 Å². The van der Waals surface area contributed by atoms with Crippen molar-refractivity contribution in [2.45, 2.75) is 17.7 Å². The summed E-state index contributed by atoms with van der Waals surface area (Å²) < 4.78 is 51.0. The third-order valence-electron chi connectivity index (χ3n) is 4.03. The largest absolute Gasteiger partial charge is 0.495 e. The van der Waals surface area contributed by atoms with Crippen molar-refractivity contribution in [2.75, 3.05) is 17.1 Å². The number of amides is 1. The number of ether oxygens (including phenoxy) is 1. The van der Waals surface area contributed by atoms with Crippen molar-refractivity contribution in [1.29, 1.82) is 0 Å². The molecule has 3 rings (SSSR count). The lowest BCUT2D eigenvalue weighted by Gasteiger charge is -2.14. The molecule has 0 atom stereocenters. The van der Waals surface area contributed by atoms with Crippen molar-refractivity contribution in [3.63, 3.8) is 0 Å². The fourth-order valence-corrected chi connectivity index (χ4v) is 3.66. The maximum atomic E-state index is 13.1. The summed E-state index contributed by atoms with van der Waals surface area (Å²) in [7, 11) is -2.57. The van der Waals surface area contributed by atoms with Crippen LogP contribution in [0.5, 0.6) is 5.75 Å². The van der Waals surface area contributed by atoms with E-state index < -0.39 is 15.8 Å². The average molecular weight is 418 g/mol. The van der Waals surface area contributed by atoms with Gasteiger partial charge in [-0.3, -0.25) is 9.52 Å². The summed E-state index contributed by atoms with van der Waals surface area (Å²) in [4.78, 5) is 12.1. The molecule has 0 fully saturated rings. The van der Waals surface area contributed by atoms with Crippen molar-refractivity contribution < 1.29 is 26.8 Å². The summed E-state index contributed by atoms with van der Waals surface area (Å²) >= 11 is 0. The summed E-state index contributed by atoms with van der Waals surface area (Å²) in [5.41, 5.74) is 0.535. The molecular weight excluding hydrogens is 399 g/mol. The van der Waals surface area contributed by atoms with Gasteiger partial charge in [0.1, 0.15) is 17.3 Å². The molecule has 7 nitrogen and oxygen atoms in total. The number of rotatable bonds is 8. The van der Waals surface area contributed by atoms with Gasteiger partial charge in [0.2, 0.25) is 5.91 Å². The van der Waals surface area contributed by atoms with Crippen LogP contribution in [0.1, 0.15) is 12.2 Å². The molecule has 0 radical (unpaired) electrons. The molecule has 0 saturated heterocycles. The molecule has 0 unspecified atom stereocenters. The fraction of sp³-hybridized carbons (Fsp3) is 0.150. The van der Waals surface area contributed by atoms with E-state index in [1.165, 1.54) is 25.5 Å². The minimum absolute atomic E-state index is 0.103. The van der Waals surface area contributed by atoms with Gasteiger partial charge < -0.3 is 14.5 Å². The fourth-order valence-electron chi connectivity index (χ4n) is 2.60. The molecule has 1 amide bonds. The van der Waals surface area contributed by atoms with E-state index in [1.54, 1.807) is 18.2 Å². The Morgan fingerprint density at radius 3 is 2.55 bits per heavy atom. The van der Waals surface area contributed by atoms with Gasteiger partial charge in [-0.25, -0.2) is 12.8 Å². The number of halogens is 1. The van der Waals surface area contributed by atoms with E-state index >= 15 is 0 Å². The maximum absolute atomic E-state index is 13.1. The Labute approximate surface area is 167 Å². The highest BCUT2D eigenvalue weighted by Gasteiger charge is 2.17. The van der Waals surface area contributed by atoms with Crippen LogP contribution in [-0.2, 0) is 21.2 Å². The molecule has 2 aromatic carbocycles. The number of anilines is 2. The highest BCUT2D eigenvalue weighted by atomic mass is 32.2. The zero-order valence-electron chi connectivity index (χ0n) is 15.5. The molecule has 3 aromatic rings. The van der Waals surface area contributed by atoms with Gasteiger partial charge in [0.05, 0.1) is 24.0 Å². The first kappa shape index (κ1) is 20.4. The highest BCUT2D eigenvalue weighted by Crippen LogP contribution is 2.30. The number of furan rings is 1. The molecule has 0 aliphatic rings. The van der Waals surface area contributed by atoms with E-state index in [0.717, 1.165) is 24.3 Å². The van der Waals surface area contributed by atoms with Gasteiger partial charge in [0.15, 0.2) is 0 Å². The Hall–Kier alpha value is -3.33. The van der Waals surface area contributed by atoms with E-state index in [4.69, 9.17) is 9.15 Å². The molecule has 0 bridgehead atoms. The van der Waals surface area contributed by atoms with Crippen molar-refractivity contribution in [1.82, 2.24) is 0 Å². The number of methoxy groups -OCH3 is 1. The van der Waals surface area contributed by atoms with Crippen molar-refractivity contribution in [3.8, 4) is 5.75 Å². The van der Waals surface area contributed by atoms with Crippen LogP contribution < -0.4 is 14.8 Å². The number of hydrogen-bond donors (Lipinski definition) is 2. The molecule has 29 heavy (non-hydrogen) atoms. The van der Waals surface area contributed by atoms with Crippen LogP contribution in [0, 0.1) is 5.82 Å². The summed E-state index contributed by atoms with van der Waals surface area (Å²) in [5.74, 6) is 0.173. The number of aryl methyl sites for hydroxylation is 1. The Balaban J connectivity index is 1.74. The monoisotopic (exact) mass is 418 g/mol. The van der Waals surface area contributed by atoms with E-state index in [9.17, 15) is 17.6 Å². The van der Waals surface area contributed by atoms with Gasteiger partial charge in [-0.15, -0.1) is 0 Å². The first-order chi connectivity index (χ1) is 13.9. The second-order valence-electron chi connectivity index (χ2n) is 6.10. The lowest BCUT2D eigenvalue weighted by Crippen LogP contribution is -2.15. The Bertz CT molecular complexity index is 1080. The van der Waals surface area contributed by atoms with Gasteiger partial charge in [-0.05, 0) is 54.6 Å². The van der Waals surface area contributed by atoms with Gasteiger partial charge in [0, 0.05) is 18.5 Å². The van der Waals surface area contributed by atoms with E-state index in [1.807, 2.05) is 0 Å². The zero-order valence-corrected chi connectivity index (χ0v) is 16.3. The van der Waals surface area contributed by atoms with E-state index in [2.05, 4.69) is 10.0 Å². The molecule has 9 heteroatoms. The second kappa shape index (κ2) is 8.78. The quantitative estimate of drug-likeness (QED) is 0.580. The summed E-state index contributed by atoms with van der Waals surface area (Å²) in [6, 6.07) is 12.5. The number of carbonyl (C=O) groups excluding carboxylic acids is 1. The molecule has 0 saturated carbocycles. The van der Waals surface area contributed by atoms with Crippen LogP contribution in [-0.4, -0.2) is 21.4 Å². The number of sulfonamides is 1. The third kappa shape index (κ3) is 5.35. The van der Waals surface area contributed by atoms with Crippen LogP contribution in [0.2, 0.25) is 0 Å². The standard InChI is InChI=1S/C20H19FN2O5S/c1-27-19-10-6-15(22-20(24)11-7-16-3-2-12-28-16)13-18(19)23-29(25,26)17-8-4-14(21)5-9-17/h2-6,8-10,12-13,23H,7,11H2,1H3,(H,22,24). The van der Waals surface area contributed by atoms with Gasteiger partial charge in [0.25, 0.3) is 10.0 Å². The van der Waals surface area contributed by atoms with Crippen molar-refractivity contribution in [3.05, 3.63) is 72.4 Å². The average Bonchev–Trinajstić information content (AvgIpc) is 3.20. The Kier molecular flexibility index (Phi) is 6.18. The van der Waals surface area contributed by atoms with E-state index in [-0.39, 0.29) is 28.7 Å². The molecule has 0 spiro atoms.